The Hall–Kier alpha value is -1.22. The van der Waals surface area contributed by atoms with Gasteiger partial charge >= 0.3 is 0 Å². The van der Waals surface area contributed by atoms with Gasteiger partial charge in [0.1, 0.15) is 5.75 Å². The van der Waals surface area contributed by atoms with E-state index in [1.54, 1.807) is 25.1 Å². The van der Waals surface area contributed by atoms with Crippen LogP contribution in [-0.4, -0.2) is 34.4 Å². The van der Waals surface area contributed by atoms with Gasteiger partial charge in [-0.25, -0.2) is 0 Å². The lowest BCUT2D eigenvalue weighted by molar-refractivity contribution is 0.0687. The van der Waals surface area contributed by atoms with E-state index in [4.69, 9.17) is 11.6 Å². The number of nitrogens with zero attached hydrogens (tertiary/aromatic N) is 1. The van der Waals surface area contributed by atoms with E-state index in [1.807, 2.05) is 11.8 Å². The van der Waals surface area contributed by atoms with E-state index in [0.717, 1.165) is 18.4 Å². The molecule has 2 rings (SSSR count). The van der Waals surface area contributed by atoms with E-state index in [0.29, 0.717) is 24.6 Å². The summed E-state index contributed by atoms with van der Waals surface area (Å²) in [5, 5.41) is 10.1. The highest BCUT2D eigenvalue weighted by molar-refractivity contribution is 6.20. The molecule has 0 aromatic heterocycles. The first-order valence-electron chi connectivity index (χ1n) is 6.72. The summed E-state index contributed by atoms with van der Waals surface area (Å²) < 4.78 is 0. The molecule has 1 unspecified atom stereocenters. The highest BCUT2D eigenvalue weighted by Crippen LogP contribution is 2.27. The highest BCUT2D eigenvalue weighted by atomic mass is 35.5. The van der Waals surface area contributed by atoms with Crippen molar-refractivity contribution in [2.45, 2.75) is 32.1 Å². The zero-order valence-corrected chi connectivity index (χ0v) is 12.2. The number of aryl methyl sites for hydroxylation is 1. The Labute approximate surface area is 119 Å². The van der Waals surface area contributed by atoms with Crippen LogP contribution in [0.2, 0.25) is 0 Å². The summed E-state index contributed by atoms with van der Waals surface area (Å²) in [5.74, 6) is 0.499. The second-order valence-electron chi connectivity index (χ2n) is 5.28. The molecule has 1 aliphatic heterocycles. The van der Waals surface area contributed by atoms with Crippen LogP contribution in [-0.2, 0) is 0 Å². The van der Waals surface area contributed by atoms with Crippen LogP contribution in [0.4, 0.5) is 0 Å². The average molecular weight is 282 g/mol. The van der Waals surface area contributed by atoms with Crippen LogP contribution >= 0.6 is 11.6 Å². The van der Waals surface area contributed by atoms with Crippen LogP contribution in [0, 0.1) is 12.8 Å². The molecule has 1 fully saturated rings. The van der Waals surface area contributed by atoms with Gasteiger partial charge in [0.15, 0.2) is 0 Å². The van der Waals surface area contributed by atoms with E-state index >= 15 is 0 Å². The molecule has 0 saturated carbocycles. The van der Waals surface area contributed by atoms with Crippen LogP contribution < -0.4 is 0 Å². The smallest absolute Gasteiger partial charge is 0.257 e. The summed E-state index contributed by atoms with van der Waals surface area (Å²) in [6.07, 6.45) is 1.87. The van der Waals surface area contributed by atoms with Crippen molar-refractivity contribution in [1.82, 2.24) is 4.90 Å². The minimum atomic E-state index is -0.0816. The molecular weight excluding hydrogens is 262 g/mol. The van der Waals surface area contributed by atoms with Gasteiger partial charge in [-0.15, -0.1) is 11.6 Å². The van der Waals surface area contributed by atoms with Crippen LogP contribution in [0.3, 0.4) is 0 Å². The van der Waals surface area contributed by atoms with Gasteiger partial charge in [-0.3, -0.25) is 4.79 Å². The number of hydrogen-bond acceptors (Lipinski definition) is 2. The van der Waals surface area contributed by atoms with Gasteiger partial charge in [-0.05, 0) is 44.2 Å². The molecule has 1 heterocycles. The SMILES string of the molecule is Cc1cccc(C(=O)N2CCC(C(C)Cl)CC2)c1O. The van der Waals surface area contributed by atoms with Crippen molar-refractivity contribution in [2.75, 3.05) is 13.1 Å². The number of hydrogen-bond donors (Lipinski definition) is 1. The maximum absolute atomic E-state index is 12.4. The molecule has 104 valence electrons. The van der Waals surface area contributed by atoms with Gasteiger partial charge in [0.25, 0.3) is 5.91 Å². The molecule has 1 atom stereocenters. The fourth-order valence-corrected chi connectivity index (χ4v) is 2.82. The number of likely N-dealkylation sites (tertiary alicyclic amines) is 1. The summed E-state index contributed by atoms with van der Waals surface area (Å²) in [5.41, 5.74) is 1.13. The maximum atomic E-state index is 12.4. The van der Waals surface area contributed by atoms with Crippen molar-refractivity contribution >= 4 is 17.5 Å². The predicted octanol–water partition coefficient (Wildman–Crippen LogP) is 3.18. The maximum Gasteiger partial charge on any atom is 0.257 e. The minimum Gasteiger partial charge on any atom is -0.507 e. The standard InChI is InChI=1S/C15H20ClNO2/c1-10-4-3-5-13(14(10)18)15(19)17-8-6-12(7-9-17)11(2)16/h3-5,11-12,18H,6-9H2,1-2H3. The lowest BCUT2D eigenvalue weighted by Crippen LogP contribution is -2.40. The molecule has 1 N–H and O–H groups in total. The molecule has 3 nitrogen and oxygen atoms in total. The number of carbonyl (C=O) groups excluding carboxylic acids is 1. The Morgan fingerprint density at radius 3 is 2.63 bits per heavy atom. The second kappa shape index (κ2) is 5.83. The topological polar surface area (TPSA) is 40.5 Å². The van der Waals surface area contributed by atoms with Crippen molar-refractivity contribution in [2.24, 2.45) is 5.92 Å². The zero-order chi connectivity index (χ0) is 14.0. The summed E-state index contributed by atoms with van der Waals surface area (Å²) in [7, 11) is 0. The number of benzene rings is 1. The summed E-state index contributed by atoms with van der Waals surface area (Å²) in [6, 6.07) is 5.28. The largest absolute Gasteiger partial charge is 0.507 e. The third-order valence-corrected chi connectivity index (χ3v) is 4.30. The summed E-state index contributed by atoms with van der Waals surface area (Å²) in [4.78, 5) is 14.2. The van der Waals surface area contributed by atoms with Gasteiger partial charge in [-0.2, -0.15) is 0 Å². The van der Waals surface area contributed by atoms with E-state index in [-0.39, 0.29) is 17.0 Å². The Morgan fingerprint density at radius 2 is 2.05 bits per heavy atom. The molecule has 0 bridgehead atoms. The first-order valence-corrected chi connectivity index (χ1v) is 7.16. The Morgan fingerprint density at radius 1 is 1.42 bits per heavy atom. The van der Waals surface area contributed by atoms with E-state index < -0.39 is 0 Å². The molecule has 1 aromatic carbocycles. The number of rotatable bonds is 2. The van der Waals surface area contributed by atoms with E-state index in [9.17, 15) is 9.90 Å². The molecule has 0 spiro atoms. The van der Waals surface area contributed by atoms with Crippen molar-refractivity contribution in [3.05, 3.63) is 29.3 Å². The molecule has 4 heteroatoms. The van der Waals surface area contributed by atoms with Crippen LogP contribution in [0.1, 0.15) is 35.7 Å². The molecule has 1 aliphatic rings. The fraction of sp³-hybridized carbons (Fsp3) is 0.533. The molecule has 1 amide bonds. The van der Waals surface area contributed by atoms with Crippen LogP contribution in [0.5, 0.6) is 5.75 Å². The number of para-hydroxylation sites is 1. The van der Waals surface area contributed by atoms with Crippen LogP contribution in [0.15, 0.2) is 18.2 Å². The number of carbonyl (C=O) groups is 1. The molecular formula is C15H20ClNO2. The van der Waals surface area contributed by atoms with Gasteiger partial charge in [0.2, 0.25) is 0 Å². The Kier molecular flexibility index (Phi) is 4.35. The third-order valence-electron chi connectivity index (χ3n) is 3.94. The zero-order valence-electron chi connectivity index (χ0n) is 11.4. The molecule has 1 aromatic rings. The summed E-state index contributed by atoms with van der Waals surface area (Å²) in [6.45, 7) is 5.24. The number of alkyl halides is 1. The molecule has 1 saturated heterocycles. The first-order chi connectivity index (χ1) is 9.00. The van der Waals surface area contributed by atoms with E-state index in [1.165, 1.54) is 0 Å². The number of piperidine rings is 1. The second-order valence-corrected chi connectivity index (χ2v) is 5.97. The van der Waals surface area contributed by atoms with Crippen molar-refractivity contribution in [1.29, 1.82) is 0 Å². The summed E-state index contributed by atoms with van der Waals surface area (Å²) >= 11 is 6.10. The van der Waals surface area contributed by atoms with Crippen molar-refractivity contribution < 1.29 is 9.90 Å². The van der Waals surface area contributed by atoms with Crippen molar-refractivity contribution in [3.63, 3.8) is 0 Å². The number of amides is 1. The number of aromatic hydroxyl groups is 1. The monoisotopic (exact) mass is 281 g/mol. The van der Waals surface area contributed by atoms with Gasteiger partial charge in [0, 0.05) is 18.5 Å². The number of phenolic OH excluding ortho intramolecular Hbond substituents is 1. The third kappa shape index (κ3) is 3.03. The highest BCUT2D eigenvalue weighted by Gasteiger charge is 2.27. The van der Waals surface area contributed by atoms with Gasteiger partial charge in [0.05, 0.1) is 5.56 Å². The molecule has 0 aliphatic carbocycles. The first kappa shape index (κ1) is 14.2. The number of phenols is 1. The Bertz CT molecular complexity index is 465. The van der Waals surface area contributed by atoms with Crippen molar-refractivity contribution in [3.8, 4) is 5.75 Å². The fourth-order valence-electron chi connectivity index (χ4n) is 2.56. The Balaban J connectivity index is 2.07. The average Bonchev–Trinajstić information content (AvgIpc) is 2.41. The lowest BCUT2D eigenvalue weighted by atomic mass is 9.93. The normalized spacial score (nSPS) is 18.4. The van der Waals surface area contributed by atoms with Crippen LogP contribution in [0.25, 0.3) is 0 Å². The quantitative estimate of drug-likeness (QED) is 0.846. The lowest BCUT2D eigenvalue weighted by Gasteiger charge is -2.33. The number of halogens is 1. The minimum absolute atomic E-state index is 0.0816. The van der Waals surface area contributed by atoms with Gasteiger partial charge in [-0.1, -0.05) is 12.1 Å². The molecule has 19 heavy (non-hydrogen) atoms. The van der Waals surface area contributed by atoms with E-state index in [2.05, 4.69) is 0 Å². The predicted molar refractivity (Wildman–Crippen MR) is 76.8 cm³/mol. The molecule has 0 radical (unpaired) electrons. The van der Waals surface area contributed by atoms with Gasteiger partial charge < -0.3 is 10.0 Å².